The van der Waals surface area contributed by atoms with E-state index in [-0.39, 0.29) is 5.91 Å². The molecule has 1 heterocycles. The van der Waals surface area contributed by atoms with Crippen LogP contribution >= 0.6 is 0 Å². The molecule has 4 heteroatoms. The number of benzene rings is 3. The molecule has 3 aromatic carbocycles. The predicted octanol–water partition coefficient (Wildman–Crippen LogP) is 4.62. The number of carbonyl (C=O) groups excluding carboxylic acids is 1. The van der Waals surface area contributed by atoms with Crippen LogP contribution in [0, 0.1) is 0 Å². The van der Waals surface area contributed by atoms with E-state index in [4.69, 9.17) is 4.74 Å². The highest BCUT2D eigenvalue weighted by molar-refractivity contribution is 5.91. The molecule has 0 N–H and O–H groups in total. The van der Waals surface area contributed by atoms with Crippen LogP contribution in [0.5, 0.6) is 5.75 Å². The monoisotopic (exact) mass is 412 g/mol. The van der Waals surface area contributed by atoms with Crippen LogP contribution in [-0.2, 0) is 17.9 Å². The lowest BCUT2D eigenvalue weighted by Gasteiger charge is -2.34. The Labute approximate surface area is 184 Å². The lowest BCUT2D eigenvalue weighted by molar-refractivity contribution is -0.127. The average molecular weight is 413 g/mol. The van der Waals surface area contributed by atoms with Gasteiger partial charge in [0.2, 0.25) is 5.91 Å². The summed E-state index contributed by atoms with van der Waals surface area (Å²) in [4.78, 5) is 16.9. The van der Waals surface area contributed by atoms with Gasteiger partial charge in [0.1, 0.15) is 12.4 Å². The van der Waals surface area contributed by atoms with Gasteiger partial charge in [-0.1, -0.05) is 72.8 Å². The van der Waals surface area contributed by atoms with E-state index < -0.39 is 0 Å². The predicted molar refractivity (Wildman–Crippen MR) is 125 cm³/mol. The summed E-state index contributed by atoms with van der Waals surface area (Å²) in [7, 11) is 0. The SMILES string of the molecule is O=C(/C=C/c1cccc(OCc2ccccc2)c1)N1CCN(Cc2ccccc2)CC1. The van der Waals surface area contributed by atoms with Crippen LogP contribution in [0.3, 0.4) is 0 Å². The van der Waals surface area contributed by atoms with E-state index >= 15 is 0 Å². The van der Waals surface area contributed by atoms with Crippen molar-refractivity contribution in [2.24, 2.45) is 0 Å². The minimum Gasteiger partial charge on any atom is -0.489 e. The van der Waals surface area contributed by atoms with Crippen molar-refractivity contribution in [3.05, 3.63) is 108 Å². The second-order valence-electron chi connectivity index (χ2n) is 7.77. The molecule has 4 nitrogen and oxygen atoms in total. The first-order valence-electron chi connectivity index (χ1n) is 10.8. The molecule has 1 aliphatic rings. The zero-order chi connectivity index (χ0) is 21.3. The summed E-state index contributed by atoms with van der Waals surface area (Å²) in [6.07, 6.45) is 3.54. The maximum Gasteiger partial charge on any atom is 0.246 e. The normalized spacial score (nSPS) is 14.6. The van der Waals surface area contributed by atoms with Gasteiger partial charge >= 0.3 is 0 Å². The Kier molecular flexibility index (Phi) is 7.14. The van der Waals surface area contributed by atoms with Crippen LogP contribution in [0.25, 0.3) is 6.08 Å². The van der Waals surface area contributed by atoms with Crippen molar-refractivity contribution < 1.29 is 9.53 Å². The Morgan fingerprint density at radius 1 is 0.806 bits per heavy atom. The van der Waals surface area contributed by atoms with Gasteiger partial charge in [-0.2, -0.15) is 0 Å². The zero-order valence-corrected chi connectivity index (χ0v) is 17.7. The summed E-state index contributed by atoms with van der Waals surface area (Å²) >= 11 is 0. The standard InChI is InChI=1S/C27H28N2O2/c30-27(29-18-16-28(17-19-29)21-24-8-3-1-4-9-24)15-14-23-12-7-13-26(20-23)31-22-25-10-5-2-6-11-25/h1-15,20H,16-19,21-22H2/b15-14+. The Balaban J connectivity index is 1.26. The van der Waals surface area contributed by atoms with E-state index in [1.165, 1.54) is 5.56 Å². The van der Waals surface area contributed by atoms with Crippen LogP contribution in [0.4, 0.5) is 0 Å². The summed E-state index contributed by atoms with van der Waals surface area (Å²) in [5.41, 5.74) is 3.41. The molecule has 1 fully saturated rings. The summed E-state index contributed by atoms with van der Waals surface area (Å²) in [6.45, 7) is 4.79. The Bertz CT molecular complexity index is 994. The number of rotatable bonds is 7. The molecule has 4 rings (SSSR count). The van der Waals surface area contributed by atoms with Gasteiger partial charge in [-0.3, -0.25) is 9.69 Å². The zero-order valence-electron chi connectivity index (χ0n) is 17.7. The molecular weight excluding hydrogens is 384 g/mol. The van der Waals surface area contributed by atoms with Gasteiger partial charge < -0.3 is 9.64 Å². The summed E-state index contributed by atoms with van der Waals surface area (Å²) < 4.78 is 5.88. The number of hydrogen-bond donors (Lipinski definition) is 0. The molecule has 0 unspecified atom stereocenters. The van der Waals surface area contributed by atoms with Gasteiger partial charge in [0.15, 0.2) is 0 Å². The van der Waals surface area contributed by atoms with Crippen molar-refractivity contribution in [1.29, 1.82) is 0 Å². The Morgan fingerprint density at radius 2 is 1.48 bits per heavy atom. The first kappa shape index (κ1) is 20.9. The van der Waals surface area contributed by atoms with Crippen LogP contribution in [0.2, 0.25) is 0 Å². The third-order valence-corrected chi connectivity index (χ3v) is 5.46. The highest BCUT2D eigenvalue weighted by atomic mass is 16.5. The van der Waals surface area contributed by atoms with Crippen molar-refractivity contribution in [3.63, 3.8) is 0 Å². The van der Waals surface area contributed by atoms with Crippen molar-refractivity contribution in [2.75, 3.05) is 26.2 Å². The van der Waals surface area contributed by atoms with Crippen molar-refractivity contribution in [2.45, 2.75) is 13.2 Å². The smallest absolute Gasteiger partial charge is 0.246 e. The van der Waals surface area contributed by atoms with Gasteiger partial charge in [-0.05, 0) is 34.9 Å². The number of nitrogens with zero attached hydrogens (tertiary/aromatic N) is 2. The number of carbonyl (C=O) groups is 1. The first-order valence-corrected chi connectivity index (χ1v) is 10.8. The van der Waals surface area contributed by atoms with E-state index in [1.807, 2.05) is 71.6 Å². The summed E-state index contributed by atoms with van der Waals surface area (Å²) in [5, 5.41) is 0. The van der Waals surface area contributed by atoms with E-state index in [1.54, 1.807) is 6.08 Å². The average Bonchev–Trinajstić information content (AvgIpc) is 2.83. The fraction of sp³-hybridized carbons (Fsp3) is 0.222. The first-order chi connectivity index (χ1) is 15.3. The fourth-order valence-electron chi connectivity index (χ4n) is 3.69. The van der Waals surface area contributed by atoms with Gasteiger partial charge in [0, 0.05) is 38.8 Å². The second-order valence-corrected chi connectivity index (χ2v) is 7.77. The van der Waals surface area contributed by atoms with Crippen LogP contribution in [0.15, 0.2) is 91.0 Å². The number of hydrogen-bond acceptors (Lipinski definition) is 3. The molecule has 1 amide bonds. The number of ether oxygens (including phenoxy) is 1. The highest BCUT2D eigenvalue weighted by Gasteiger charge is 2.19. The molecule has 0 aliphatic carbocycles. The lowest BCUT2D eigenvalue weighted by Crippen LogP contribution is -2.47. The third kappa shape index (κ3) is 6.30. The Morgan fingerprint density at radius 3 is 2.19 bits per heavy atom. The molecule has 31 heavy (non-hydrogen) atoms. The number of piperazine rings is 1. The molecule has 1 saturated heterocycles. The molecular formula is C27H28N2O2. The third-order valence-electron chi connectivity index (χ3n) is 5.46. The maximum atomic E-state index is 12.6. The van der Waals surface area contributed by atoms with Crippen LogP contribution in [-0.4, -0.2) is 41.9 Å². The van der Waals surface area contributed by atoms with E-state index in [0.717, 1.165) is 49.6 Å². The minimum absolute atomic E-state index is 0.0648. The van der Waals surface area contributed by atoms with Gasteiger partial charge in [0.05, 0.1) is 0 Å². The highest BCUT2D eigenvalue weighted by Crippen LogP contribution is 2.17. The minimum atomic E-state index is 0.0648. The fourth-order valence-corrected chi connectivity index (χ4v) is 3.69. The second kappa shape index (κ2) is 10.6. The van der Waals surface area contributed by atoms with E-state index in [0.29, 0.717) is 6.61 Å². The largest absolute Gasteiger partial charge is 0.489 e. The molecule has 0 aromatic heterocycles. The van der Waals surface area contributed by atoms with E-state index in [9.17, 15) is 4.79 Å². The van der Waals surface area contributed by atoms with Crippen molar-refractivity contribution in [3.8, 4) is 5.75 Å². The van der Waals surface area contributed by atoms with Crippen LogP contribution in [0.1, 0.15) is 16.7 Å². The van der Waals surface area contributed by atoms with Crippen molar-refractivity contribution >= 4 is 12.0 Å². The number of amides is 1. The van der Waals surface area contributed by atoms with Gasteiger partial charge in [-0.15, -0.1) is 0 Å². The quantitative estimate of drug-likeness (QED) is 0.531. The van der Waals surface area contributed by atoms with Gasteiger partial charge in [-0.25, -0.2) is 0 Å². The molecule has 0 spiro atoms. The maximum absolute atomic E-state index is 12.6. The molecule has 3 aromatic rings. The van der Waals surface area contributed by atoms with Crippen LogP contribution < -0.4 is 4.74 Å². The van der Waals surface area contributed by atoms with Crippen molar-refractivity contribution in [1.82, 2.24) is 9.80 Å². The summed E-state index contributed by atoms with van der Waals surface area (Å²) in [6, 6.07) is 28.4. The Hall–Kier alpha value is -3.37. The molecule has 0 radical (unpaired) electrons. The van der Waals surface area contributed by atoms with Gasteiger partial charge in [0.25, 0.3) is 0 Å². The molecule has 0 saturated carbocycles. The van der Waals surface area contributed by atoms with E-state index in [2.05, 4.69) is 29.2 Å². The molecule has 0 bridgehead atoms. The molecule has 1 aliphatic heterocycles. The topological polar surface area (TPSA) is 32.8 Å². The lowest BCUT2D eigenvalue weighted by atomic mass is 10.2. The molecule has 0 atom stereocenters. The molecule has 158 valence electrons. The summed E-state index contributed by atoms with van der Waals surface area (Å²) in [5.74, 6) is 0.864.